The smallest absolute Gasteiger partial charge is 0.251 e. The number of hydrogen-bond donors (Lipinski definition) is 3. The number of nitrogens with zero attached hydrogens (tertiary/aromatic N) is 1. The Bertz CT molecular complexity index is 665. The van der Waals surface area contributed by atoms with Crippen molar-refractivity contribution in [2.45, 2.75) is 19.3 Å². The minimum atomic E-state index is -0.122. The van der Waals surface area contributed by atoms with Crippen LogP contribution in [0.15, 0.2) is 18.2 Å². The number of carbonyl (C=O) groups excluding carboxylic acids is 2. The second kappa shape index (κ2) is 8.05. The lowest BCUT2D eigenvalue weighted by atomic mass is 9.79. The normalized spacial score (nSPS) is 19.3. The predicted molar refractivity (Wildman–Crippen MR) is 102 cm³/mol. The maximum absolute atomic E-state index is 12.7. The van der Waals surface area contributed by atoms with E-state index in [2.05, 4.69) is 16.0 Å². The van der Waals surface area contributed by atoms with Crippen molar-refractivity contribution in [1.82, 2.24) is 10.6 Å². The summed E-state index contributed by atoms with van der Waals surface area (Å²) in [6.07, 6.45) is 2.40. The van der Waals surface area contributed by atoms with Crippen LogP contribution in [0.5, 0.6) is 0 Å². The van der Waals surface area contributed by atoms with E-state index in [1.807, 2.05) is 24.1 Å². The summed E-state index contributed by atoms with van der Waals surface area (Å²) in [5.41, 5.74) is 2.16. The second-order valence-electron chi connectivity index (χ2n) is 7.32. The summed E-state index contributed by atoms with van der Waals surface area (Å²) in [6, 6.07) is 5.47. The zero-order valence-electron chi connectivity index (χ0n) is 15.6. The standard InChI is InChI=1S/C19H28N4O3/c1-23-10-5-17(24)22-15-11-14(3-4-16(15)23)18(25)21-12-19(13-26-2)6-8-20-9-7-19/h3-4,11,20H,5-10,12-13H2,1-2H3,(H,21,25)(H,22,24). The molecular weight excluding hydrogens is 332 g/mol. The van der Waals surface area contributed by atoms with Crippen molar-refractivity contribution in [2.75, 3.05) is 57.2 Å². The van der Waals surface area contributed by atoms with Gasteiger partial charge in [-0.25, -0.2) is 0 Å². The molecule has 142 valence electrons. The number of piperidine rings is 1. The number of anilines is 2. The van der Waals surface area contributed by atoms with Crippen LogP contribution in [-0.4, -0.2) is 58.8 Å². The number of ether oxygens (including phenoxy) is 1. The van der Waals surface area contributed by atoms with Crippen LogP contribution < -0.4 is 20.9 Å². The topological polar surface area (TPSA) is 82.7 Å². The second-order valence-corrected chi connectivity index (χ2v) is 7.32. The first-order valence-electron chi connectivity index (χ1n) is 9.16. The molecule has 0 aliphatic carbocycles. The molecule has 2 amide bonds. The molecule has 0 unspecified atom stereocenters. The highest BCUT2D eigenvalue weighted by molar-refractivity contribution is 6.00. The van der Waals surface area contributed by atoms with Crippen LogP contribution in [0.2, 0.25) is 0 Å². The Morgan fingerprint density at radius 3 is 2.85 bits per heavy atom. The van der Waals surface area contributed by atoms with E-state index in [9.17, 15) is 9.59 Å². The summed E-state index contributed by atoms with van der Waals surface area (Å²) in [5.74, 6) is -0.148. The fourth-order valence-electron chi connectivity index (χ4n) is 3.72. The largest absolute Gasteiger partial charge is 0.384 e. The van der Waals surface area contributed by atoms with Crippen LogP contribution in [-0.2, 0) is 9.53 Å². The first-order valence-corrected chi connectivity index (χ1v) is 9.16. The van der Waals surface area contributed by atoms with Gasteiger partial charge >= 0.3 is 0 Å². The van der Waals surface area contributed by atoms with E-state index in [0.29, 0.717) is 37.4 Å². The molecule has 1 fully saturated rings. The molecule has 0 bridgehead atoms. The fraction of sp³-hybridized carbons (Fsp3) is 0.579. The zero-order chi connectivity index (χ0) is 18.6. The Morgan fingerprint density at radius 1 is 1.35 bits per heavy atom. The molecule has 7 nitrogen and oxygen atoms in total. The molecule has 1 aromatic rings. The molecular formula is C19H28N4O3. The minimum Gasteiger partial charge on any atom is -0.384 e. The van der Waals surface area contributed by atoms with Gasteiger partial charge in [0.15, 0.2) is 0 Å². The minimum absolute atomic E-state index is 0.0181. The van der Waals surface area contributed by atoms with Crippen molar-refractivity contribution in [2.24, 2.45) is 5.41 Å². The molecule has 0 aromatic heterocycles. The van der Waals surface area contributed by atoms with Crippen LogP contribution in [0, 0.1) is 5.41 Å². The van der Waals surface area contributed by atoms with Gasteiger partial charge in [-0.15, -0.1) is 0 Å². The molecule has 0 spiro atoms. The van der Waals surface area contributed by atoms with Gasteiger partial charge in [-0.05, 0) is 44.1 Å². The van der Waals surface area contributed by atoms with Gasteiger partial charge in [0.05, 0.1) is 18.0 Å². The van der Waals surface area contributed by atoms with Crippen LogP contribution in [0.3, 0.4) is 0 Å². The zero-order valence-corrected chi connectivity index (χ0v) is 15.6. The molecule has 1 aromatic carbocycles. The molecule has 1 saturated heterocycles. The highest BCUT2D eigenvalue weighted by Crippen LogP contribution is 2.30. The summed E-state index contributed by atoms with van der Waals surface area (Å²) in [5, 5.41) is 9.31. The number of nitrogens with one attached hydrogen (secondary N) is 3. The maximum Gasteiger partial charge on any atom is 0.251 e. The summed E-state index contributed by atoms with van der Waals surface area (Å²) in [7, 11) is 3.65. The molecule has 2 aliphatic heterocycles. The third kappa shape index (κ3) is 4.16. The first kappa shape index (κ1) is 18.7. The quantitative estimate of drug-likeness (QED) is 0.735. The molecule has 0 radical (unpaired) electrons. The van der Waals surface area contributed by atoms with Gasteiger partial charge in [-0.1, -0.05) is 0 Å². The number of rotatable bonds is 5. The van der Waals surface area contributed by atoms with E-state index >= 15 is 0 Å². The third-order valence-electron chi connectivity index (χ3n) is 5.36. The number of amides is 2. The third-order valence-corrected chi connectivity index (χ3v) is 5.36. The highest BCUT2D eigenvalue weighted by Gasteiger charge is 2.32. The molecule has 7 heteroatoms. The van der Waals surface area contributed by atoms with Crippen molar-refractivity contribution >= 4 is 23.2 Å². The summed E-state index contributed by atoms with van der Waals surface area (Å²) in [6.45, 7) is 3.77. The van der Waals surface area contributed by atoms with Crippen LogP contribution in [0.1, 0.15) is 29.6 Å². The molecule has 26 heavy (non-hydrogen) atoms. The van der Waals surface area contributed by atoms with Gasteiger partial charge in [0.1, 0.15) is 0 Å². The molecule has 0 atom stereocenters. The van der Waals surface area contributed by atoms with Crippen molar-refractivity contribution in [3.63, 3.8) is 0 Å². The molecule has 0 saturated carbocycles. The van der Waals surface area contributed by atoms with Gasteiger partial charge in [0.2, 0.25) is 5.91 Å². The first-order chi connectivity index (χ1) is 12.5. The summed E-state index contributed by atoms with van der Waals surface area (Å²) >= 11 is 0. The van der Waals surface area contributed by atoms with Crippen LogP contribution >= 0.6 is 0 Å². The van der Waals surface area contributed by atoms with Crippen LogP contribution in [0.4, 0.5) is 11.4 Å². The number of carbonyl (C=O) groups is 2. The van der Waals surface area contributed by atoms with Crippen molar-refractivity contribution < 1.29 is 14.3 Å². The van der Waals surface area contributed by atoms with E-state index in [1.54, 1.807) is 13.2 Å². The Morgan fingerprint density at radius 2 is 2.12 bits per heavy atom. The number of hydrogen-bond acceptors (Lipinski definition) is 5. The van der Waals surface area contributed by atoms with Crippen molar-refractivity contribution in [3.8, 4) is 0 Å². The van der Waals surface area contributed by atoms with E-state index in [1.165, 1.54) is 0 Å². The lowest BCUT2D eigenvalue weighted by molar-refractivity contribution is -0.115. The van der Waals surface area contributed by atoms with Gasteiger partial charge in [-0.3, -0.25) is 9.59 Å². The Hall–Kier alpha value is -2.12. The predicted octanol–water partition coefficient (Wildman–Crippen LogP) is 1.21. The van der Waals surface area contributed by atoms with Gasteiger partial charge in [0, 0.05) is 44.6 Å². The van der Waals surface area contributed by atoms with Crippen molar-refractivity contribution in [1.29, 1.82) is 0 Å². The van der Waals surface area contributed by atoms with Crippen molar-refractivity contribution in [3.05, 3.63) is 23.8 Å². The lowest BCUT2D eigenvalue weighted by Crippen LogP contribution is -2.47. The lowest BCUT2D eigenvalue weighted by Gasteiger charge is -2.37. The Balaban J connectivity index is 1.71. The summed E-state index contributed by atoms with van der Waals surface area (Å²) < 4.78 is 5.40. The van der Waals surface area contributed by atoms with E-state index < -0.39 is 0 Å². The fourth-order valence-corrected chi connectivity index (χ4v) is 3.72. The van der Waals surface area contributed by atoms with Gasteiger partial charge < -0.3 is 25.6 Å². The molecule has 3 N–H and O–H groups in total. The van der Waals surface area contributed by atoms with E-state index in [0.717, 1.165) is 31.6 Å². The number of benzene rings is 1. The Kier molecular flexibility index (Phi) is 5.78. The monoisotopic (exact) mass is 360 g/mol. The van der Waals surface area contributed by atoms with Crippen LogP contribution in [0.25, 0.3) is 0 Å². The molecule has 2 heterocycles. The molecule has 2 aliphatic rings. The van der Waals surface area contributed by atoms with E-state index in [4.69, 9.17) is 4.74 Å². The number of fused-ring (bicyclic) bond motifs is 1. The average Bonchev–Trinajstić information content (AvgIpc) is 2.79. The van der Waals surface area contributed by atoms with Gasteiger partial charge in [-0.2, -0.15) is 0 Å². The summed E-state index contributed by atoms with van der Waals surface area (Å²) in [4.78, 5) is 26.6. The SMILES string of the molecule is COCC1(CNC(=O)c2ccc3c(c2)NC(=O)CCN3C)CCNCC1. The maximum atomic E-state index is 12.7. The number of methoxy groups -OCH3 is 1. The highest BCUT2D eigenvalue weighted by atomic mass is 16.5. The Labute approximate surface area is 154 Å². The van der Waals surface area contributed by atoms with Gasteiger partial charge in [0.25, 0.3) is 5.91 Å². The average molecular weight is 360 g/mol. The van der Waals surface area contributed by atoms with E-state index in [-0.39, 0.29) is 17.2 Å². The molecule has 3 rings (SSSR count).